The summed E-state index contributed by atoms with van der Waals surface area (Å²) >= 11 is 6.04. The fourth-order valence-electron chi connectivity index (χ4n) is 3.84. The Hall–Kier alpha value is -3.56. The van der Waals surface area contributed by atoms with Crippen molar-refractivity contribution in [1.29, 1.82) is 0 Å². The zero-order chi connectivity index (χ0) is 28.6. The Labute approximate surface area is 235 Å². The van der Waals surface area contributed by atoms with Crippen LogP contribution in [-0.4, -0.2) is 51.4 Å². The van der Waals surface area contributed by atoms with E-state index in [0.29, 0.717) is 17.3 Å². The van der Waals surface area contributed by atoms with E-state index >= 15 is 0 Å². The lowest BCUT2D eigenvalue weighted by atomic mass is 10.1. The van der Waals surface area contributed by atoms with E-state index in [9.17, 15) is 18.0 Å². The molecule has 3 rings (SSSR count). The number of benzene rings is 3. The van der Waals surface area contributed by atoms with Crippen molar-refractivity contribution in [2.45, 2.75) is 38.3 Å². The third kappa shape index (κ3) is 7.97. The molecule has 0 heterocycles. The van der Waals surface area contributed by atoms with Crippen molar-refractivity contribution in [3.8, 4) is 5.75 Å². The van der Waals surface area contributed by atoms with Crippen molar-refractivity contribution < 1.29 is 22.7 Å². The summed E-state index contributed by atoms with van der Waals surface area (Å²) in [7, 11) is -2.66. The van der Waals surface area contributed by atoms with Gasteiger partial charge in [-0.3, -0.25) is 13.9 Å². The molecule has 1 N–H and O–H groups in total. The second-order valence-corrected chi connectivity index (χ2v) is 11.8. The molecule has 0 saturated heterocycles. The number of sulfonamides is 1. The van der Waals surface area contributed by atoms with Crippen molar-refractivity contribution in [2.24, 2.45) is 5.92 Å². The minimum Gasteiger partial charge on any atom is -0.497 e. The summed E-state index contributed by atoms with van der Waals surface area (Å²) in [5, 5.41) is 3.41. The van der Waals surface area contributed by atoms with Crippen LogP contribution in [0.3, 0.4) is 0 Å². The van der Waals surface area contributed by atoms with E-state index in [1.54, 1.807) is 73.7 Å². The van der Waals surface area contributed by atoms with Gasteiger partial charge >= 0.3 is 0 Å². The number of hydrogen-bond donors (Lipinski definition) is 1. The van der Waals surface area contributed by atoms with Crippen LogP contribution in [0.5, 0.6) is 5.75 Å². The molecule has 0 aliphatic carbocycles. The van der Waals surface area contributed by atoms with Gasteiger partial charge < -0.3 is 15.0 Å². The standard InChI is InChI=1S/C29H34ClN3O5S/c1-21(2)18-31-29(35)22(3)32(19-23-13-15-24(30)16-14-23)28(34)20-33(25-9-8-10-26(17-25)38-4)39(36,37)27-11-6-5-7-12-27/h5-17,21-22H,18-20H2,1-4H3,(H,31,35)/t22-/m1/s1. The monoisotopic (exact) mass is 571 g/mol. The van der Waals surface area contributed by atoms with Crippen LogP contribution in [0, 0.1) is 5.92 Å². The highest BCUT2D eigenvalue weighted by Gasteiger charge is 2.32. The van der Waals surface area contributed by atoms with Gasteiger partial charge in [-0.25, -0.2) is 8.42 Å². The van der Waals surface area contributed by atoms with E-state index in [4.69, 9.17) is 16.3 Å². The number of halogens is 1. The number of anilines is 1. The molecule has 0 unspecified atom stereocenters. The molecule has 3 aromatic rings. The van der Waals surface area contributed by atoms with Crippen molar-refractivity contribution in [1.82, 2.24) is 10.2 Å². The molecule has 3 aromatic carbocycles. The van der Waals surface area contributed by atoms with Gasteiger partial charge in [0.2, 0.25) is 11.8 Å². The Morgan fingerprint density at radius 1 is 0.949 bits per heavy atom. The molecule has 0 spiro atoms. The summed E-state index contributed by atoms with van der Waals surface area (Å²) in [4.78, 5) is 28.3. The lowest BCUT2D eigenvalue weighted by Gasteiger charge is -2.32. The van der Waals surface area contributed by atoms with E-state index in [-0.39, 0.29) is 29.0 Å². The normalized spacial score (nSPS) is 12.1. The SMILES string of the molecule is COc1cccc(N(CC(=O)N(Cc2ccc(Cl)cc2)[C@H](C)C(=O)NCC(C)C)S(=O)(=O)c2ccccc2)c1. The Kier molecular flexibility index (Phi) is 10.4. The van der Waals surface area contributed by atoms with Crippen LogP contribution in [0.1, 0.15) is 26.3 Å². The molecule has 0 fully saturated rings. The lowest BCUT2D eigenvalue weighted by Crippen LogP contribution is -2.51. The number of carbonyl (C=O) groups is 2. The first-order valence-electron chi connectivity index (χ1n) is 12.6. The molecule has 208 valence electrons. The van der Waals surface area contributed by atoms with Gasteiger partial charge in [0, 0.05) is 24.2 Å². The van der Waals surface area contributed by atoms with Crippen LogP contribution < -0.4 is 14.4 Å². The first-order chi connectivity index (χ1) is 18.5. The zero-order valence-corrected chi connectivity index (χ0v) is 24.1. The number of methoxy groups -OCH3 is 1. The maximum Gasteiger partial charge on any atom is 0.264 e. The summed E-state index contributed by atoms with van der Waals surface area (Å²) in [5.41, 5.74) is 1.00. The molecule has 39 heavy (non-hydrogen) atoms. The topological polar surface area (TPSA) is 96.0 Å². The number of rotatable bonds is 12. The maximum absolute atomic E-state index is 13.9. The molecule has 0 radical (unpaired) electrons. The highest BCUT2D eigenvalue weighted by atomic mass is 35.5. The second kappa shape index (κ2) is 13.5. The highest BCUT2D eigenvalue weighted by molar-refractivity contribution is 7.92. The summed E-state index contributed by atoms with van der Waals surface area (Å²) in [6.45, 7) is 5.59. The predicted molar refractivity (Wildman–Crippen MR) is 153 cm³/mol. The van der Waals surface area contributed by atoms with E-state index in [0.717, 1.165) is 9.87 Å². The van der Waals surface area contributed by atoms with Crippen LogP contribution >= 0.6 is 11.6 Å². The number of amides is 2. The Bertz CT molecular complexity index is 1370. The Balaban J connectivity index is 2.01. The van der Waals surface area contributed by atoms with Crippen LogP contribution in [-0.2, 0) is 26.2 Å². The Morgan fingerprint density at radius 2 is 1.62 bits per heavy atom. The molecule has 0 aromatic heterocycles. The molecule has 10 heteroatoms. The first-order valence-corrected chi connectivity index (χ1v) is 14.4. The minimum absolute atomic E-state index is 0.0348. The second-order valence-electron chi connectivity index (χ2n) is 9.49. The third-order valence-electron chi connectivity index (χ3n) is 6.07. The van der Waals surface area contributed by atoms with Crippen LogP contribution in [0.2, 0.25) is 5.02 Å². The smallest absolute Gasteiger partial charge is 0.264 e. The van der Waals surface area contributed by atoms with Gasteiger partial charge in [-0.05, 0) is 54.8 Å². The molecule has 0 bridgehead atoms. The fraction of sp³-hybridized carbons (Fsp3) is 0.310. The van der Waals surface area contributed by atoms with Gasteiger partial charge in [0.25, 0.3) is 10.0 Å². The first kappa shape index (κ1) is 30.0. The third-order valence-corrected chi connectivity index (χ3v) is 8.11. The Morgan fingerprint density at radius 3 is 2.23 bits per heavy atom. The predicted octanol–water partition coefficient (Wildman–Crippen LogP) is 4.73. The molecule has 2 amide bonds. The van der Waals surface area contributed by atoms with Crippen molar-refractivity contribution >= 4 is 39.1 Å². The van der Waals surface area contributed by atoms with Gasteiger partial charge in [-0.1, -0.05) is 61.8 Å². The average molecular weight is 572 g/mol. The summed E-state index contributed by atoms with van der Waals surface area (Å²) < 4.78 is 33.9. The molecule has 1 atom stereocenters. The van der Waals surface area contributed by atoms with E-state index in [2.05, 4.69) is 5.32 Å². The maximum atomic E-state index is 13.9. The van der Waals surface area contributed by atoms with Gasteiger partial charge in [0.15, 0.2) is 0 Å². The van der Waals surface area contributed by atoms with Gasteiger partial charge in [-0.2, -0.15) is 0 Å². The molecular formula is C29H34ClN3O5S. The number of hydrogen-bond acceptors (Lipinski definition) is 5. The number of ether oxygens (including phenoxy) is 1. The highest BCUT2D eigenvalue weighted by Crippen LogP contribution is 2.27. The lowest BCUT2D eigenvalue weighted by molar-refractivity contribution is -0.139. The van der Waals surface area contributed by atoms with Crippen LogP contribution in [0.4, 0.5) is 5.69 Å². The summed E-state index contributed by atoms with van der Waals surface area (Å²) in [5.74, 6) is -0.210. The van der Waals surface area contributed by atoms with Gasteiger partial charge in [-0.15, -0.1) is 0 Å². The molecule has 0 aliphatic rings. The summed E-state index contributed by atoms with van der Waals surface area (Å²) in [6, 6.07) is 20.4. The van der Waals surface area contributed by atoms with Crippen LogP contribution in [0.15, 0.2) is 83.8 Å². The average Bonchev–Trinajstić information content (AvgIpc) is 2.94. The van der Waals surface area contributed by atoms with E-state index in [1.807, 2.05) is 13.8 Å². The largest absolute Gasteiger partial charge is 0.497 e. The molecular weight excluding hydrogens is 538 g/mol. The van der Waals surface area contributed by atoms with Crippen molar-refractivity contribution in [2.75, 3.05) is 24.5 Å². The molecule has 8 nitrogen and oxygen atoms in total. The van der Waals surface area contributed by atoms with Crippen LogP contribution in [0.25, 0.3) is 0 Å². The van der Waals surface area contributed by atoms with E-state index in [1.165, 1.54) is 24.1 Å². The van der Waals surface area contributed by atoms with Crippen molar-refractivity contribution in [3.05, 3.63) is 89.4 Å². The number of nitrogens with one attached hydrogen (secondary N) is 1. The summed E-state index contributed by atoms with van der Waals surface area (Å²) in [6.07, 6.45) is 0. The minimum atomic E-state index is -4.14. The molecule has 0 saturated carbocycles. The number of carbonyl (C=O) groups excluding carboxylic acids is 2. The van der Waals surface area contributed by atoms with Gasteiger partial charge in [0.1, 0.15) is 18.3 Å². The fourth-order valence-corrected chi connectivity index (χ4v) is 5.39. The number of nitrogens with zero attached hydrogens (tertiary/aromatic N) is 2. The van der Waals surface area contributed by atoms with Gasteiger partial charge in [0.05, 0.1) is 17.7 Å². The van der Waals surface area contributed by atoms with Crippen molar-refractivity contribution in [3.63, 3.8) is 0 Å². The zero-order valence-electron chi connectivity index (χ0n) is 22.5. The van der Waals surface area contributed by atoms with E-state index < -0.39 is 28.5 Å². The quantitative estimate of drug-likeness (QED) is 0.339. The molecule has 0 aliphatic heterocycles.